The Hall–Kier alpha value is -1.71. The molecule has 1 heterocycles. The van der Waals surface area contributed by atoms with Crippen molar-refractivity contribution in [2.24, 2.45) is 5.92 Å². The third-order valence-electron chi connectivity index (χ3n) is 3.61. The maximum atomic E-state index is 5.87. The summed E-state index contributed by atoms with van der Waals surface area (Å²) in [5.74, 6) is 1.62. The number of ether oxygens (including phenoxy) is 1. The molecule has 3 nitrogen and oxygen atoms in total. The molecule has 21 heavy (non-hydrogen) atoms. The SMILES string of the molecule is Clc1ccc(COc2cccc(NCC3CNC3)c2)cc1. The normalized spacial score (nSPS) is 14.5. The van der Waals surface area contributed by atoms with Gasteiger partial charge in [-0.2, -0.15) is 0 Å². The van der Waals surface area contributed by atoms with Crippen LogP contribution in [0.2, 0.25) is 5.02 Å². The van der Waals surface area contributed by atoms with Crippen LogP contribution in [0.5, 0.6) is 5.75 Å². The quantitative estimate of drug-likeness (QED) is 0.856. The summed E-state index contributed by atoms with van der Waals surface area (Å²) in [4.78, 5) is 0. The standard InChI is InChI=1S/C17H19ClN2O/c18-15-6-4-13(5-7-15)12-21-17-3-1-2-16(8-17)20-11-14-9-19-10-14/h1-8,14,19-20H,9-12H2. The lowest BCUT2D eigenvalue weighted by Gasteiger charge is -2.27. The number of halogens is 1. The zero-order valence-electron chi connectivity index (χ0n) is 11.8. The minimum absolute atomic E-state index is 0.549. The van der Waals surface area contributed by atoms with Gasteiger partial charge in [0, 0.05) is 42.3 Å². The van der Waals surface area contributed by atoms with Crippen molar-refractivity contribution >= 4 is 17.3 Å². The Morgan fingerprint density at radius 3 is 2.67 bits per heavy atom. The molecule has 0 aliphatic carbocycles. The smallest absolute Gasteiger partial charge is 0.121 e. The molecule has 110 valence electrons. The van der Waals surface area contributed by atoms with Gasteiger partial charge in [-0.25, -0.2) is 0 Å². The third kappa shape index (κ3) is 4.13. The van der Waals surface area contributed by atoms with Gasteiger partial charge in [0.15, 0.2) is 0 Å². The van der Waals surface area contributed by atoms with Gasteiger partial charge in [0.05, 0.1) is 0 Å². The van der Waals surface area contributed by atoms with Crippen molar-refractivity contribution in [1.82, 2.24) is 5.32 Å². The van der Waals surface area contributed by atoms with E-state index < -0.39 is 0 Å². The van der Waals surface area contributed by atoms with E-state index in [1.165, 1.54) is 0 Å². The molecule has 2 N–H and O–H groups in total. The Balaban J connectivity index is 1.53. The van der Waals surface area contributed by atoms with Crippen molar-refractivity contribution in [3.05, 3.63) is 59.1 Å². The average Bonchev–Trinajstić information content (AvgIpc) is 2.46. The van der Waals surface area contributed by atoms with Gasteiger partial charge in [-0.3, -0.25) is 0 Å². The van der Waals surface area contributed by atoms with E-state index in [0.717, 1.165) is 47.6 Å². The summed E-state index contributed by atoms with van der Waals surface area (Å²) in [6.07, 6.45) is 0. The summed E-state index contributed by atoms with van der Waals surface area (Å²) in [5, 5.41) is 7.48. The molecule has 0 radical (unpaired) electrons. The van der Waals surface area contributed by atoms with Crippen LogP contribution in [0.15, 0.2) is 48.5 Å². The fraction of sp³-hybridized carbons (Fsp3) is 0.294. The van der Waals surface area contributed by atoms with Crippen LogP contribution in [0, 0.1) is 5.92 Å². The van der Waals surface area contributed by atoms with Crippen molar-refractivity contribution in [3.8, 4) is 5.75 Å². The van der Waals surface area contributed by atoms with Crippen LogP contribution in [0.1, 0.15) is 5.56 Å². The van der Waals surface area contributed by atoms with Gasteiger partial charge in [0.2, 0.25) is 0 Å². The van der Waals surface area contributed by atoms with Gasteiger partial charge < -0.3 is 15.4 Å². The highest BCUT2D eigenvalue weighted by molar-refractivity contribution is 6.30. The molecule has 0 aromatic heterocycles. The maximum absolute atomic E-state index is 5.87. The van der Waals surface area contributed by atoms with Crippen molar-refractivity contribution < 1.29 is 4.74 Å². The Bertz CT molecular complexity index is 582. The first-order chi connectivity index (χ1) is 10.3. The molecule has 0 spiro atoms. The molecule has 2 aromatic rings. The first-order valence-corrected chi connectivity index (χ1v) is 7.59. The fourth-order valence-electron chi connectivity index (χ4n) is 2.20. The average molecular weight is 303 g/mol. The molecule has 3 rings (SSSR count). The van der Waals surface area contributed by atoms with Crippen LogP contribution in [0.25, 0.3) is 0 Å². The summed E-state index contributed by atoms with van der Waals surface area (Å²) >= 11 is 5.87. The summed E-state index contributed by atoms with van der Waals surface area (Å²) in [6, 6.07) is 15.8. The van der Waals surface area contributed by atoms with E-state index >= 15 is 0 Å². The largest absolute Gasteiger partial charge is 0.489 e. The van der Waals surface area contributed by atoms with E-state index in [1.54, 1.807) is 0 Å². The first kappa shape index (κ1) is 14.2. The molecule has 1 saturated heterocycles. The lowest BCUT2D eigenvalue weighted by Crippen LogP contribution is -2.45. The number of anilines is 1. The second-order valence-electron chi connectivity index (χ2n) is 5.35. The second-order valence-corrected chi connectivity index (χ2v) is 5.78. The van der Waals surface area contributed by atoms with Crippen LogP contribution in [0.3, 0.4) is 0 Å². The fourth-order valence-corrected chi connectivity index (χ4v) is 2.32. The van der Waals surface area contributed by atoms with Crippen molar-refractivity contribution in [2.75, 3.05) is 25.0 Å². The van der Waals surface area contributed by atoms with Gasteiger partial charge in [-0.15, -0.1) is 0 Å². The Morgan fingerprint density at radius 1 is 1.14 bits per heavy atom. The van der Waals surface area contributed by atoms with Crippen LogP contribution in [-0.4, -0.2) is 19.6 Å². The lowest BCUT2D eigenvalue weighted by molar-refractivity contribution is 0.306. The number of rotatable bonds is 6. The predicted molar refractivity (Wildman–Crippen MR) is 87.1 cm³/mol. The van der Waals surface area contributed by atoms with Crippen LogP contribution in [0.4, 0.5) is 5.69 Å². The highest BCUT2D eigenvalue weighted by atomic mass is 35.5. The molecular formula is C17H19ClN2O. The summed E-state index contributed by atoms with van der Waals surface area (Å²) in [5.41, 5.74) is 2.22. The molecule has 1 aliphatic heterocycles. The molecule has 1 aliphatic rings. The van der Waals surface area contributed by atoms with Gasteiger partial charge in [-0.1, -0.05) is 29.8 Å². The molecule has 1 fully saturated rings. The van der Waals surface area contributed by atoms with Gasteiger partial charge in [0.25, 0.3) is 0 Å². The van der Waals surface area contributed by atoms with E-state index in [2.05, 4.69) is 16.7 Å². The minimum Gasteiger partial charge on any atom is -0.489 e. The van der Waals surface area contributed by atoms with Gasteiger partial charge in [0.1, 0.15) is 12.4 Å². The number of hydrogen-bond acceptors (Lipinski definition) is 3. The molecule has 4 heteroatoms. The van der Waals surface area contributed by atoms with E-state index in [4.69, 9.17) is 16.3 Å². The molecule has 2 aromatic carbocycles. The topological polar surface area (TPSA) is 33.3 Å². The third-order valence-corrected chi connectivity index (χ3v) is 3.87. The van der Waals surface area contributed by atoms with Crippen LogP contribution < -0.4 is 15.4 Å². The summed E-state index contributed by atoms with van der Waals surface area (Å²) in [6.45, 7) is 3.78. The molecule has 0 amide bonds. The second kappa shape index (κ2) is 6.83. The summed E-state index contributed by atoms with van der Waals surface area (Å²) < 4.78 is 5.82. The van der Waals surface area contributed by atoms with E-state index in [1.807, 2.05) is 42.5 Å². The minimum atomic E-state index is 0.549. The predicted octanol–water partition coefficient (Wildman–Crippen LogP) is 3.55. The first-order valence-electron chi connectivity index (χ1n) is 7.21. The lowest BCUT2D eigenvalue weighted by atomic mass is 10.0. The Labute approximate surface area is 130 Å². The molecule has 0 bridgehead atoms. The number of benzene rings is 2. The van der Waals surface area contributed by atoms with E-state index in [9.17, 15) is 0 Å². The van der Waals surface area contributed by atoms with Gasteiger partial charge >= 0.3 is 0 Å². The van der Waals surface area contributed by atoms with Crippen molar-refractivity contribution in [1.29, 1.82) is 0 Å². The van der Waals surface area contributed by atoms with Crippen molar-refractivity contribution in [3.63, 3.8) is 0 Å². The zero-order chi connectivity index (χ0) is 14.5. The van der Waals surface area contributed by atoms with E-state index in [0.29, 0.717) is 6.61 Å². The van der Waals surface area contributed by atoms with Crippen molar-refractivity contribution in [2.45, 2.75) is 6.61 Å². The molecule has 0 saturated carbocycles. The Kier molecular flexibility index (Phi) is 4.63. The van der Waals surface area contributed by atoms with Gasteiger partial charge in [-0.05, 0) is 29.8 Å². The molecule has 0 unspecified atom stereocenters. The Morgan fingerprint density at radius 2 is 1.95 bits per heavy atom. The number of hydrogen-bond donors (Lipinski definition) is 2. The zero-order valence-corrected chi connectivity index (χ0v) is 12.6. The van der Waals surface area contributed by atoms with Crippen LogP contribution >= 0.6 is 11.6 Å². The molecular weight excluding hydrogens is 284 g/mol. The highest BCUT2D eigenvalue weighted by Crippen LogP contribution is 2.19. The monoisotopic (exact) mass is 302 g/mol. The molecule has 0 atom stereocenters. The van der Waals surface area contributed by atoms with Crippen LogP contribution in [-0.2, 0) is 6.61 Å². The summed E-state index contributed by atoms with van der Waals surface area (Å²) in [7, 11) is 0. The van der Waals surface area contributed by atoms with E-state index in [-0.39, 0.29) is 0 Å². The maximum Gasteiger partial charge on any atom is 0.121 e. The number of nitrogens with one attached hydrogen (secondary N) is 2. The highest BCUT2D eigenvalue weighted by Gasteiger charge is 2.15.